The fourth-order valence-electron chi connectivity index (χ4n) is 1.64. The van der Waals surface area contributed by atoms with Gasteiger partial charge in [0.15, 0.2) is 0 Å². The van der Waals surface area contributed by atoms with Crippen LogP contribution >= 0.6 is 0 Å². The van der Waals surface area contributed by atoms with Crippen molar-refractivity contribution in [2.24, 2.45) is 5.41 Å². The van der Waals surface area contributed by atoms with Gasteiger partial charge in [-0.1, -0.05) is 20.8 Å². The zero-order valence-electron chi connectivity index (χ0n) is 8.66. The molecule has 1 aliphatic heterocycles. The summed E-state index contributed by atoms with van der Waals surface area (Å²) >= 11 is 0. The van der Waals surface area contributed by atoms with Crippen LogP contribution in [0.4, 0.5) is 0 Å². The topological polar surface area (TPSA) is 49.7 Å². The molecule has 1 saturated heterocycles. The maximum Gasteiger partial charge on any atom is 0.106 e. The highest BCUT2D eigenvalue weighted by molar-refractivity contribution is 4.83. The average molecular weight is 188 g/mol. The van der Waals surface area contributed by atoms with E-state index < -0.39 is 12.2 Å². The SMILES string of the molecule is CC(C)(C)CC1OCCC(O)C1O. The third kappa shape index (κ3) is 3.25. The minimum Gasteiger partial charge on any atom is -0.390 e. The van der Waals surface area contributed by atoms with Gasteiger partial charge in [0.05, 0.1) is 12.2 Å². The molecule has 1 rings (SSSR count). The van der Waals surface area contributed by atoms with Gasteiger partial charge < -0.3 is 14.9 Å². The van der Waals surface area contributed by atoms with Crippen molar-refractivity contribution in [3.8, 4) is 0 Å². The number of hydrogen-bond donors (Lipinski definition) is 2. The Kier molecular flexibility index (Phi) is 3.33. The predicted octanol–water partition coefficient (Wildman–Crippen LogP) is 0.933. The smallest absolute Gasteiger partial charge is 0.106 e. The molecular formula is C10H20O3. The monoisotopic (exact) mass is 188 g/mol. The van der Waals surface area contributed by atoms with E-state index in [4.69, 9.17) is 4.74 Å². The largest absolute Gasteiger partial charge is 0.390 e. The Hall–Kier alpha value is -0.120. The van der Waals surface area contributed by atoms with Gasteiger partial charge in [0.1, 0.15) is 6.10 Å². The Morgan fingerprint density at radius 3 is 2.46 bits per heavy atom. The summed E-state index contributed by atoms with van der Waals surface area (Å²) in [5, 5.41) is 19.0. The van der Waals surface area contributed by atoms with Gasteiger partial charge >= 0.3 is 0 Å². The van der Waals surface area contributed by atoms with Crippen molar-refractivity contribution >= 4 is 0 Å². The molecule has 0 spiro atoms. The Bertz CT molecular complexity index is 162. The summed E-state index contributed by atoms with van der Waals surface area (Å²) in [5.74, 6) is 0. The fraction of sp³-hybridized carbons (Fsp3) is 1.00. The summed E-state index contributed by atoms with van der Waals surface area (Å²) in [6, 6.07) is 0. The van der Waals surface area contributed by atoms with Crippen molar-refractivity contribution in [1.29, 1.82) is 0 Å². The van der Waals surface area contributed by atoms with Gasteiger partial charge in [-0.15, -0.1) is 0 Å². The second kappa shape index (κ2) is 3.95. The molecule has 13 heavy (non-hydrogen) atoms. The van der Waals surface area contributed by atoms with E-state index in [1.807, 2.05) is 0 Å². The molecule has 78 valence electrons. The lowest BCUT2D eigenvalue weighted by atomic mass is 9.85. The van der Waals surface area contributed by atoms with Gasteiger partial charge in [0.25, 0.3) is 0 Å². The van der Waals surface area contributed by atoms with Crippen molar-refractivity contribution < 1.29 is 14.9 Å². The van der Waals surface area contributed by atoms with Crippen LogP contribution in [0.25, 0.3) is 0 Å². The van der Waals surface area contributed by atoms with Crippen LogP contribution in [0.3, 0.4) is 0 Å². The molecule has 3 atom stereocenters. The molecule has 0 saturated carbocycles. The minimum atomic E-state index is -0.715. The van der Waals surface area contributed by atoms with Gasteiger partial charge in [-0.25, -0.2) is 0 Å². The highest BCUT2D eigenvalue weighted by Gasteiger charge is 2.33. The second-order valence-corrected chi connectivity index (χ2v) is 5.02. The van der Waals surface area contributed by atoms with Gasteiger partial charge in [-0.2, -0.15) is 0 Å². The van der Waals surface area contributed by atoms with E-state index in [0.717, 1.165) is 6.42 Å². The Balaban J connectivity index is 2.49. The van der Waals surface area contributed by atoms with E-state index in [1.165, 1.54) is 0 Å². The highest BCUT2D eigenvalue weighted by Crippen LogP contribution is 2.27. The van der Waals surface area contributed by atoms with Crippen molar-refractivity contribution in [3.63, 3.8) is 0 Å². The van der Waals surface area contributed by atoms with E-state index in [-0.39, 0.29) is 11.5 Å². The second-order valence-electron chi connectivity index (χ2n) is 5.02. The number of rotatable bonds is 1. The zero-order valence-corrected chi connectivity index (χ0v) is 8.66. The van der Waals surface area contributed by atoms with E-state index in [9.17, 15) is 10.2 Å². The van der Waals surface area contributed by atoms with Gasteiger partial charge in [0, 0.05) is 6.61 Å². The first-order valence-electron chi connectivity index (χ1n) is 4.88. The van der Waals surface area contributed by atoms with Crippen LogP contribution < -0.4 is 0 Å². The molecule has 3 heteroatoms. The average Bonchev–Trinajstić information content (AvgIpc) is 1.96. The summed E-state index contributed by atoms with van der Waals surface area (Å²) in [5.41, 5.74) is 0.128. The van der Waals surface area contributed by atoms with Crippen LogP contribution in [0.5, 0.6) is 0 Å². The summed E-state index contributed by atoms with van der Waals surface area (Å²) < 4.78 is 5.43. The third-order valence-electron chi connectivity index (χ3n) is 2.33. The van der Waals surface area contributed by atoms with Crippen LogP contribution in [0, 0.1) is 5.41 Å². The lowest BCUT2D eigenvalue weighted by Gasteiger charge is -2.35. The molecule has 0 aromatic rings. The Morgan fingerprint density at radius 2 is 1.92 bits per heavy atom. The quantitative estimate of drug-likeness (QED) is 0.643. The van der Waals surface area contributed by atoms with E-state index >= 15 is 0 Å². The first-order chi connectivity index (χ1) is 5.90. The van der Waals surface area contributed by atoms with Crippen LogP contribution in [0.15, 0.2) is 0 Å². The first kappa shape index (κ1) is 11.0. The molecule has 2 N–H and O–H groups in total. The summed E-state index contributed by atoms with van der Waals surface area (Å²) in [6.07, 6.45) is -0.203. The first-order valence-corrected chi connectivity index (χ1v) is 4.88. The molecule has 0 aromatic carbocycles. The molecule has 0 aliphatic carbocycles. The molecule has 0 bridgehead atoms. The maximum atomic E-state index is 9.63. The van der Waals surface area contributed by atoms with E-state index in [0.29, 0.717) is 13.0 Å². The molecule has 1 heterocycles. The molecule has 0 amide bonds. The van der Waals surface area contributed by atoms with E-state index in [1.54, 1.807) is 0 Å². The van der Waals surface area contributed by atoms with Gasteiger partial charge in [0.2, 0.25) is 0 Å². The van der Waals surface area contributed by atoms with Crippen molar-refractivity contribution in [2.45, 2.75) is 51.9 Å². The normalized spacial score (nSPS) is 36.2. The number of ether oxygens (including phenoxy) is 1. The molecule has 0 radical (unpaired) electrons. The van der Waals surface area contributed by atoms with Gasteiger partial charge in [-0.3, -0.25) is 0 Å². The molecule has 1 fully saturated rings. The predicted molar refractivity (Wildman–Crippen MR) is 50.4 cm³/mol. The number of hydrogen-bond acceptors (Lipinski definition) is 3. The molecule has 1 aliphatic rings. The molecule has 3 unspecified atom stereocenters. The van der Waals surface area contributed by atoms with Crippen molar-refractivity contribution in [3.05, 3.63) is 0 Å². The standard InChI is InChI=1S/C10H20O3/c1-10(2,3)6-8-9(12)7(11)4-5-13-8/h7-9,11-12H,4-6H2,1-3H3. The van der Waals surface area contributed by atoms with Crippen LogP contribution in [-0.2, 0) is 4.74 Å². The van der Waals surface area contributed by atoms with Crippen molar-refractivity contribution in [2.75, 3.05) is 6.61 Å². The van der Waals surface area contributed by atoms with Crippen LogP contribution in [0.2, 0.25) is 0 Å². The maximum absolute atomic E-state index is 9.63. The number of aliphatic hydroxyl groups excluding tert-OH is 2. The summed E-state index contributed by atoms with van der Waals surface area (Å²) in [4.78, 5) is 0. The summed E-state index contributed by atoms with van der Waals surface area (Å²) in [7, 11) is 0. The molecule has 0 aromatic heterocycles. The van der Waals surface area contributed by atoms with Crippen LogP contribution in [-0.4, -0.2) is 35.1 Å². The Morgan fingerprint density at radius 1 is 1.31 bits per heavy atom. The summed E-state index contributed by atoms with van der Waals surface area (Å²) in [6.45, 7) is 6.86. The molecule has 3 nitrogen and oxygen atoms in total. The fourth-order valence-corrected chi connectivity index (χ4v) is 1.64. The van der Waals surface area contributed by atoms with E-state index in [2.05, 4.69) is 20.8 Å². The Labute approximate surface area is 79.7 Å². The molecular weight excluding hydrogens is 168 g/mol. The highest BCUT2D eigenvalue weighted by atomic mass is 16.5. The van der Waals surface area contributed by atoms with Crippen LogP contribution in [0.1, 0.15) is 33.6 Å². The zero-order chi connectivity index (χ0) is 10.1. The third-order valence-corrected chi connectivity index (χ3v) is 2.33. The number of aliphatic hydroxyl groups is 2. The minimum absolute atomic E-state index is 0.128. The van der Waals surface area contributed by atoms with Crippen molar-refractivity contribution in [1.82, 2.24) is 0 Å². The van der Waals surface area contributed by atoms with Gasteiger partial charge in [-0.05, 0) is 18.3 Å². The lowest BCUT2D eigenvalue weighted by Crippen LogP contribution is -2.45. The lowest BCUT2D eigenvalue weighted by molar-refractivity contribution is -0.144.